The molecule has 19 heavy (non-hydrogen) atoms. The fourth-order valence-corrected chi connectivity index (χ4v) is 1.57. The highest BCUT2D eigenvalue weighted by atomic mass is 16.6. The van der Waals surface area contributed by atoms with Gasteiger partial charge in [0, 0.05) is 25.8 Å². The van der Waals surface area contributed by atoms with Crippen molar-refractivity contribution in [2.24, 2.45) is 0 Å². The van der Waals surface area contributed by atoms with Gasteiger partial charge in [-0.15, -0.1) is 0 Å². The molecular formula is C12H17N3O4. The number of amides is 1. The molecule has 0 saturated carbocycles. The van der Waals surface area contributed by atoms with E-state index in [-0.39, 0.29) is 16.9 Å². The van der Waals surface area contributed by atoms with Crippen LogP contribution in [0, 0.1) is 10.1 Å². The van der Waals surface area contributed by atoms with Crippen LogP contribution in [0.3, 0.4) is 0 Å². The Hall–Kier alpha value is -2.15. The van der Waals surface area contributed by atoms with E-state index in [4.69, 9.17) is 10.5 Å². The summed E-state index contributed by atoms with van der Waals surface area (Å²) < 4.78 is 5.12. The quantitative estimate of drug-likeness (QED) is 0.335. The zero-order valence-corrected chi connectivity index (χ0v) is 10.7. The molecule has 0 saturated heterocycles. The summed E-state index contributed by atoms with van der Waals surface area (Å²) in [5, 5.41) is 13.4. The van der Waals surface area contributed by atoms with Crippen molar-refractivity contribution >= 4 is 17.3 Å². The third kappa shape index (κ3) is 4.22. The smallest absolute Gasteiger partial charge is 0.284 e. The first kappa shape index (κ1) is 14.9. The van der Waals surface area contributed by atoms with E-state index in [1.165, 1.54) is 18.2 Å². The van der Waals surface area contributed by atoms with Crippen molar-refractivity contribution in [3.63, 3.8) is 0 Å². The Morgan fingerprint density at radius 3 is 2.89 bits per heavy atom. The van der Waals surface area contributed by atoms with Crippen LogP contribution >= 0.6 is 0 Å². The lowest BCUT2D eigenvalue weighted by molar-refractivity contribution is -0.385. The largest absolute Gasteiger partial charge is 0.398 e. The average Bonchev–Trinajstić information content (AvgIpc) is 2.37. The molecule has 1 amide bonds. The SMILES string of the molecule is CCOCCCNC(=O)c1c(N)cccc1[N+](=O)[O-]. The van der Waals surface area contributed by atoms with Crippen molar-refractivity contribution in [3.05, 3.63) is 33.9 Å². The topological polar surface area (TPSA) is 107 Å². The Morgan fingerprint density at radius 1 is 1.53 bits per heavy atom. The number of nitrogen functional groups attached to an aromatic ring is 1. The van der Waals surface area contributed by atoms with Crippen LogP contribution in [0.5, 0.6) is 0 Å². The normalized spacial score (nSPS) is 10.2. The van der Waals surface area contributed by atoms with Crippen molar-refractivity contribution in [3.8, 4) is 0 Å². The second-order valence-corrected chi connectivity index (χ2v) is 3.80. The molecule has 0 atom stereocenters. The van der Waals surface area contributed by atoms with Gasteiger partial charge in [0.15, 0.2) is 0 Å². The van der Waals surface area contributed by atoms with Gasteiger partial charge in [-0.3, -0.25) is 14.9 Å². The molecule has 0 fully saturated rings. The first-order valence-electron chi connectivity index (χ1n) is 5.96. The maximum absolute atomic E-state index is 11.9. The number of hydrogen-bond donors (Lipinski definition) is 2. The standard InChI is InChI=1S/C12H17N3O4/c1-2-19-8-4-7-14-12(16)11-9(13)5-3-6-10(11)15(17)18/h3,5-6H,2,4,7-8,13H2,1H3,(H,14,16). The fourth-order valence-electron chi connectivity index (χ4n) is 1.57. The van der Waals surface area contributed by atoms with Crippen molar-refractivity contribution < 1.29 is 14.5 Å². The Bertz CT molecular complexity index is 462. The van der Waals surface area contributed by atoms with Crippen LogP contribution < -0.4 is 11.1 Å². The minimum absolute atomic E-state index is 0.0936. The summed E-state index contributed by atoms with van der Waals surface area (Å²) in [6, 6.07) is 4.16. The number of nitrogens with zero attached hydrogens (tertiary/aromatic N) is 1. The molecule has 7 heteroatoms. The highest BCUT2D eigenvalue weighted by molar-refractivity contribution is 6.03. The Balaban J connectivity index is 2.68. The van der Waals surface area contributed by atoms with E-state index in [0.717, 1.165) is 0 Å². The van der Waals surface area contributed by atoms with Gasteiger partial charge in [-0.05, 0) is 19.4 Å². The van der Waals surface area contributed by atoms with Crippen molar-refractivity contribution in [1.29, 1.82) is 0 Å². The van der Waals surface area contributed by atoms with E-state index >= 15 is 0 Å². The maximum Gasteiger partial charge on any atom is 0.284 e. The summed E-state index contributed by atoms with van der Waals surface area (Å²) in [4.78, 5) is 22.1. The zero-order valence-electron chi connectivity index (χ0n) is 10.7. The van der Waals surface area contributed by atoms with E-state index < -0.39 is 10.8 Å². The number of nitro benzene ring substituents is 1. The van der Waals surface area contributed by atoms with Gasteiger partial charge < -0.3 is 15.8 Å². The number of carbonyl (C=O) groups excluding carboxylic acids is 1. The summed E-state index contributed by atoms with van der Waals surface area (Å²) in [6.45, 7) is 3.41. The number of anilines is 1. The molecule has 1 aromatic carbocycles. The molecular weight excluding hydrogens is 250 g/mol. The maximum atomic E-state index is 11.9. The lowest BCUT2D eigenvalue weighted by atomic mass is 10.1. The average molecular weight is 267 g/mol. The van der Waals surface area contributed by atoms with Gasteiger partial charge in [0.1, 0.15) is 5.56 Å². The second kappa shape index (κ2) is 7.32. The molecule has 0 aliphatic carbocycles. The van der Waals surface area contributed by atoms with Crippen LogP contribution in [0.2, 0.25) is 0 Å². The van der Waals surface area contributed by atoms with Gasteiger partial charge in [-0.25, -0.2) is 0 Å². The van der Waals surface area contributed by atoms with E-state index in [2.05, 4.69) is 5.32 Å². The number of nitro groups is 1. The lowest BCUT2D eigenvalue weighted by Crippen LogP contribution is -2.27. The van der Waals surface area contributed by atoms with E-state index in [9.17, 15) is 14.9 Å². The van der Waals surface area contributed by atoms with E-state index in [1.54, 1.807) is 0 Å². The Morgan fingerprint density at radius 2 is 2.26 bits per heavy atom. The number of rotatable bonds is 7. The van der Waals surface area contributed by atoms with Gasteiger partial charge in [0.25, 0.3) is 11.6 Å². The molecule has 0 unspecified atom stereocenters. The van der Waals surface area contributed by atoms with Crippen LogP contribution in [-0.4, -0.2) is 30.6 Å². The monoisotopic (exact) mass is 267 g/mol. The van der Waals surface area contributed by atoms with Crippen molar-refractivity contribution in [2.45, 2.75) is 13.3 Å². The second-order valence-electron chi connectivity index (χ2n) is 3.80. The molecule has 1 aromatic rings. The first-order chi connectivity index (χ1) is 9.07. The van der Waals surface area contributed by atoms with Gasteiger partial charge >= 0.3 is 0 Å². The number of nitrogens with one attached hydrogen (secondary N) is 1. The van der Waals surface area contributed by atoms with Gasteiger partial charge in [-0.2, -0.15) is 0 Å². The molecule has 0 aliphatic rings. The predicted octanol–water partition coefficient (Wildman–Crippen LogP) is 1.33. The predicted molar refractivity (Wildman–Crippen MR) is 71.0 cm³/mol. The molecule has 0 heterocycles. The highest BCUT2D eigenvalue weighted by Gasteiger charge is 2.22. The molecule has 0 aliphatic heterocycles. The fraction of sp³-hybridized carbons (Fsp3) is 0.417. The lowest BCUT2D eigenvalue weighted by Gasteiger charge is -2.08. The molecule has 0 spiro atoms. The molecule has 1 rings (SSSR count). The van der Waals surface area contributed by atoms with Crippen LogP contribution in [0.1, 0.15) is 23.7 Å². The molecule has 7 nitrogen and oxygen atoms in total. The molecule has 3 N–H and O–H groups in total. The first-order valence-corrected chi connectivity index (χ1v) is 5.96. The Labute approximate surface area is 110 Å². The number of nitrogens with two attached hydrogens (primary N) is 1. The summed E-state index contributed by atoms with van der Waals surface area (Å²) in [7, 11) is 0. The summed E-state index contributed by atoms with van der Waals surface area (Å²) in [5.74, 6) is -0.540. The van der Waals surface area contributed by atoms with Gasteiger partial charge in [-0.1, -0.05) is 6.07 Å². The minimum Gasteiger partial charge on any atom is -0.398 e. The van der Waals surface area contributed by atoms with Crippen LogP contribution in [0.4, 0.5) is 11.4 Å². The van der Waals surface area contributed by atoms with Crippen LogP contribution in [0.25, 0.3) is 0 Å². The zero-order chi connectivity index (χ0) is 14.3. The third-order valence-corrected chi connectivity index (χ3v) is 2.45. The van der Waals surface area contributed by atoms with Crippen molar-refractivity contribution in [2.75, 3.05) is 25.5 Å². The molecule has 0 radical (unpaired) electrons. The van der Waals surface area contributed by atoms with Gasteiger partial charge in [0.2, 0.25) is 0 Å². The number of benzene rings is 1. The van der Waals surface area contributed by atoms with Crippen molar-refractivity contribution in [1.82, 2.24) is 5.32 Å². The number of ether oxygens (including phenoxy) is 1. The third-order valence-electron chi connectivity index (χ3n) is 2.45. The summed E-state index contributed by atoms with van der Waals surface area (Å²) in [6.07, 6.45) is 0.639. The molecule has 104 valence electrons. The minimum atomic E-state index is -0.620. The van der Waals surface area contributed by atoms with Crippen LogP contribution in [-0.2, 0) is 4.74 Å². The van der Waals surface area contributed by atoms with E-state index in [0.29, 0.717) is 26.2 Å². The molecule has 0 aromatic heterocycles. The Kier molecular flexibility index (Phi) is 5.74. The van der Waals surface area contributed by atoms with E-state index in [1.807, 2.05) is 6.92 Å². The molecule has 0 bridgehead atoms. The van der Waals surface area contributed by atoms with Gasteiger partial charge in [0.05, 0.1) is 10.6 Å². The summed E-state index contributed by atoms with van der Waals surface area (Å²) >= 11 is 0. The number of carbonyl (C=O) groups is 1. The highest BCUT2D eigenvalue weighted by Crippen LogP contribution is 2.23. The summed E-state index contributed by atoms with van der Waals surface area (Å²) in [5.41, 5.74) is 5.33. The number of hydrogen-bond acceptors (Lipinski definition) is 5. The van der Waals surface area contributed by atoms with Crippen LogP contribution in [0.15, 0.2) is 18.2 Å².